The van der Waals surface area contributed by atoms with Crippen molar-refractivity contribution < 1.29 is 18.7 Å². The summed E-state index contributed by atoms with van der Waals surface area (Å²) in [6, 6.07) is 14.8. The number of nitrogens with one attached hydrogen (secondary N) is 1. The summed E-state index contributed by atoms with van der Waals surface area (Å²) in [6.07, 6.45) is 1.72. The van der Waals surface area contributed by atoms with Gasteiger partial charge in [0.15, 0.2) is 6.61 Å². The zero-order valence-electron chi connectivity index (χ0n) is 15.6. The van der Waals surface area contributed by atoms with Gasteiger partial charge in [0.05, 0.1) is 4.88 Å². The molecule has 1 N–H and O–H groups in total. The number of anilines is 2. The number of aryl methyl sites for hydroxylation is 1. The summed E-state index contributed by atoms with van der Waals surface area (Å²) in [6.45, 7) is 0.507. The topological polar surface area (TPSA) is 58.6 Å². The van der Waals surface area contributed by atoms with Gasteiger partial charge in [-0.1, -0.05) is 6.07 Å². The number of carbonyl (C=O) groups excluding carboxylic acids is 2. The summed E-state index contributed by atoms with van der Waals surface area (Å²) in [5.74, 6) is -0.237. The highest BCUT2D eigenvalue weighted by Gasteiger charge is 2.24. The van der Waals surface area contributed by atoms with E-state index in [1.165, 1.54) is 35.6 Å². The maximum Gasteiger partial charge on any atom is 0.268 e. The van der Waals surface area contributed by atoms with Crippen molar-refractivity contribution in [3.63, 3.8) is 0 Å². The standard InChI is InChI=1S/C22H19FN2O3S/c23-16-5-8-18(9-6-16)28-14-21(26)24-17-7-10-19-15(13-17)3-1-11-25(19)22(27)20-4-2-12-29-20/h2,4-10,12-13H,1,3,11,14H2,(H,24,26). The molecule has 0 unspecified atom stereocenters. The number of hydrogen-bond acceptors (Lipinski definition) is 4. The number of thiophene rings is 1. The van der Waals surface area contributed by atoms with E-state index in [2.05, 4.69) is 5.32 Å². The van der Waals surface area contributed by atoms with E-state index in [1.807, 2.05) is 29.6 Å². The van der Waals surface area contributed by atoms with Crippen LogP contribution in [0, 0.1) is 5.82 Å². The quantitative estimate of drug-likeness (QED) is 0.674. The molecule has 148 valence electrons. The average molecular weight is 410 g/mol. The molecular weight excluding hydrogens is 391 g/mol. The summed E-state index contributed by atoms with van der Waals surface area (Å²) in [4.78, 5) is 27.4. The highest BCUT2D eigenvalue weighted by Crippen LogP contribution is 2.31. The van der Waals surface area contributed by atoms with Gasteiger partial charge in [0.1, 0.15) is 11.6 Å². The van der Waals surface area contributed by atoms with Gasteiger partial charge >= 0.3 is 0 Å². The molecule has 0 fully saturated rings. The molecule has 0 atom stereocenters. The van der Waals surface area contributed by atoms with Crippen LogP contribution in [-0.2, 0) is 11.2 Å². The zero-order chi connectivity index (χ0) is 20.2. The van der Waals surface area contributed by atoms with E-state index in [9.17, 15) is 14.0 Å². The van der Waals surface area contributed by atoms with Gasteiger partial charge in [0, 0.05) is 17.9 Å². The first-order chi connectivity index (χ1) is 14.1. The third-order valence-corrected chi connectivity index (χ3v) is 5.50. The number of fused-ring (bicyclic) bond motifs is 1. The highest BCUT2D eigenvalue weighted by atomic mass is 32.1. The Kier molecular flexibility index (Phi) is 5.57. The molecule has 2 amide bonds. The molecule has 1 aliphatic heterocycles. The Morgan fingerprint density at radius 3 is 2.72 bits per heavy atom. The molecule has 1 aromatic heterocycles. The molecular formula is C22H19FN2O3S. The molecule has 0 saturated carbocycles. The van der Waals surface area contributed by atoms with Gasteiger partial charge in [-0.2, -0.15) is 0 Å². The van der Waals surface area contributed by atoms with Crippen molar-refractivity contribution in [1.29, 1.82) is 0 Å². The fourth-order valence-corrected chi connectivity index (χ4v) is 3.97. The van der Waals surface area contributed by atoms with Crippen molar-refractivity contribution in [2.45, 2.75) is 12.8 Å². The van der Waals surface area contributed by atoms with Crippen LogP contribution in [0.25, 0.3) is 0 Å². The van der Waals surface area contributed by atoms with Gasteiger partial charge in [-0.15, -0.1) is 11.3 Å². The lowest BCUT2D eigenvalue weighted by Crippen LogP contribution is -2.35. The lowest BCUT2D eigenvalue weighted by molar-refractivity contribution is -0.118. The first-order valence-corrected chi connectivity index (χ1v) is 10.1. The average Bonchev–Trinajstić information content (AvgIpc) is 3.27. The molecule has 2 aromatic carbocycles. The van der Waals surface area contributed by atoms with E-state index in [4.69, 9.17) is 4.74 Å². The van der Waals surface area contributed by atoms with E-state index < -0.39 is 0 Å². The number of amides is 2. The summed E-state index contributed by atoms with van der Waals surface area (Å²) in [5.41, 5.74) is 2.57. The van der Waals surface area contributed by atoms with Crippen molar-refractivity contribution >= 4 is 34.5 Å². The van der Waals surface area contributed by atoms with E-state index in [-0.39, 0.29) is 24.2 Å². The first kappa shape index (κ1) is 19.1. The zero-order valence-corrected chi connectivity index (χ0v) is 16.4. The number of benzene rings is 2. The summed E-state index contributed by atoms with van der Waals surface area (Å²) < 4.78 is 18.3. The van der Waals surface area contributed by atoms with E-state index >= 15 is 0 Å². The smallest absolute Gasteiger partial charge is 0.268 e. The number of ether oxygens (including phenoxy) is 1. The van der Waals surface area contributed by atoms with E-state index in [1.54, 1.807) is 11.0 Å². The molecule has 0 aliphatic carbocycles. The molecule has 1 aliphatic rings. The van der Waals surface area contributed by atoms with Gasteiger partial charge < -0.3 is 15.0 Å². The molecule has 2 heterocycles. The van der Waals surface area contributed by atoms with Crippen molar-refractivity contribution in [2.75, 3.05) is 23.4 Å². The Hall–Kier alpha value is -3.19. The van der Waals surface area contributed by atoms with Gasteiger partial charge in [0.25, 0.3) is 11.8 Å². The normalized spacial score (nSPS) is 12.9. The van der Waals surface area contributed by atoms with Crippen LogP contribution in [0.15, 0.2) is 60.0 Å². The lowest BCUT2D eigenvalue weighted by atomic mass is 10.0. The Morgan fingerprint density at radius 1 is 1.14 bits per heavy atom. The fraction of sp³-hybridized carbons (Fsp3) is 0.182. The molecule has 0 bridgehead atoms. The Labute approximate surface area is 171 Å². The molecule has 0 spiro atoms. The van der Waals surface area contributed by atoms with Crippen LogP contribution in [0.3, 0.4) is 0 Å². The number of nitrogens with zero attached hydrogens (tertiary/aromatic N) is 1. The summed E-state index contributed by atoms with van der Waals surface area (Å²) in [7, 11) is 0. The predicted octanol–water partition coefficient (Wildman–Crippen LogP) is 4.50. The maximum absolute atomic E-state index is 12.9. The van der Waals surface area contributed by atoms with Crippen molar-refractivity contribution in [3.05, 3.63) is 76.2 Å². The SMILES string of the molecule is O=C(COc1ccc(F)cc1)Nc1ccc2c(c1)CCCN2C(=O)c1cccs1. The predicted molar refractivity (Wildman–Crippen MR) is 111 cm³/mol. The van der Waals surface area contributed by atoms with Crippen molar-refractivity contribution in [1.82, 2.24) is 0 Å². The molecule has 5 nitrogen and oxygen atoms in total. The highest BCUT2D eigenvalue weighted by molar-refractivity contribution is 7.12. The summed E-state index contributed by atoms with van der Waals surface area (Å²) in [5, 5.41) is 4.70. The third-order valence-electron chi connectivity index (χ3n) is 4.64. The second-order valence-corrected chi connectivity index (χ2v) is 7.62. The number of halogens is 1. The first-order valence-electron chi connectivity index (χ1n) is 9.27. The second kappa shape index (κ2) is 8.45. The number of rotatable bonds is 5. The van der Waals surface area contributed by atoms with Crippen LogP contribution in [0.1, 0.15) is 21.7 Å². The molecule has 29 heavy (non-hydrogen) atoms. The van der Waals surface area contributed by atoms with Crippen LogP contribution < -0.4 is 15.0 Å². The van der Waals surface area contributed by atoms with Crippen LogP contribution in [-0.4, -0.2) is 25.0 Å². The van der Waals surface area contributed by atoms with Crippen LogP contribution >= 0.6 is 11.3 Å². The minimum absolute atomic E-state index is 0.00503. The van der Waals surface area contributed by atoms with Crippen molar-refractivity contribution in [3.8, 4) is 5.75 Å². The van der Waals surface area contributed by atoms with Crippen LogP contribution in [0.4, 0.5) is 15.8 Å². The van der Waals surface area contributed by atoms with Gasteiger partial charge in [-0.25, -0.2) is 4.39 Å². The molecule has 4 rings (SSSR count). The Bertz CT molecular complexity index is 1020. The minimum Gasteiger partial charge on any atom is -0.484 e. The maximum atomic E-state index is 12.9. The molecule has 3 aromatic rings. The molecule has 0 radical (unpaired) electrons. The van der Waals surface area contributed by atoms with Gasteiger partial charge in [-0.3, -0.25) is 9.59 Å². The van der Waals surface area contributed by atoms with Gasteiger partial charge in [-0.05, 0) is 72.3 Å². The Balaban J connectivity index is 1.41. The lowest BCUT2D eigenvalue weighted by Gasteiger charge is -2.29. The van der Waals surface area contributed by atoms with Crippen molar-refractivity contribution in [2.24, 2.45) is 0 Å². The Morgan fingerprint density at radius 2 is 1.97 bits per heavy atom. The monoisotopic (exact) mass is 410 g/mol. The van der Waals surface area contributed by atoms with E-state index in [0.717, 1.165) is 24.1 Å². The summed E-state index contributed by atoms with van der Waals surface area (Å²) >= 11 is 1.43. The van der Waals surface area contributed by atoms with Crippen LogP contribution in [0.2, 0.25) is 0 Å². The second-order valence-electron chi connectivity index (χ2n) is 6.67. The van der Waals surface area contributed by atoms with Gasteiger partial charge in [0.2, 0.25) is 0 Å². The molecule has 7 heteroatoms. The number of carbonyl (C=O) groups is 2. The van der Waals surface area contributed by atoms with E-state index in [0.29, 0.717) is 22.9 Å². The third kappa shape index (κ3) is 4.46. The fourth-order valence-electron chi connectivity index (χ4n) is 3.30. The molecule has 0 saturated heterocycles. The number of hydrogen-bond donors (Lipinski definition) is 1. The minimum atomic E-state index is -0.359. The van der Waals surface area contributed by atoms with Crippen LogP contribution in [0.5, 0.6) is 5.75 Å². The largest absolute Gasteiger partial charge is 0.484 e.